The third-order valence-corrected chi connectivity index (χ3v) is 5.90. The number of hydrogen-bond donors (Lipinski definition) is 2. The van der Waals surface area contributed by atoms with E-state index in [9.17, 15) is 9.59 Å². The van der Waals surface area contributed by atoms with Gasteiger partial charge < -0.3 is 15.4 Å². The lowest BCUT2D eigenvalue weighted by molar-refractivity contribution is -0.112. The van der Waals surface area contributed by atoms with Crippen LogP contribution in [-0.4, -0.2) is 24.2 Å². The van der Waals surface area contributed by atoms with Crippen LogP contribution in [0.5, 0.6) is 0 Å². The molecule has 1 aromatic carbocycles. The molecule has 2 aromatic rings. The number of allylic oxidation sites excluding steroid dienone is 1. The average Bonchev–Trinajstić information content (AvgIpc) is 3.15. The standard InChI is InChI=1S/C18H17ClN2O3S2/c1-11-16(26-8-6-24-11)18(23)21-15-5-4-12(19)9-14(15)17(22)20-10-13-3-2-7-25-13/h2-5,7,9H,6,8,10H2,1H3,(H,20,22)(H,21,23). The summed E-state index contributed by atoms with van der Waals surface area (Å²) in [6.45, 7) is 2.77. The van der Waals surface area contributed by atoms with Crippen molar-refractivity contribution >= 4 is 52.2 Å². The Kier molecular flexibility index (Phi) is 6.24. The number of hydrogen-bond acceptors (Lipinski definition) is 5. The first-order valence-electron chi connectivity index (χ1n) is 7.92. The molecule has 0 fully saturated rings. The van der Waals surface area contributed by atoms with E-state index >= 15 is 0 Å². The highest BCUT2D eigenvalue weighted by atomic mass is 35.5. The van der Waals surface area contributed by atoms with Crippen molar-refractivity contribution in [3.63, 3.8) is 0 Å². The minimum atomic E-state index is -0.297. The van der Waals surface area contributed by atoms with Gasteiger partial charge in [0.15, 0.2) is 0 Å². The summed E-state index contributed by atoms with van der Waals surface area (Å²) in [5, 5.41) is 8.02. The molecule has 2 amide bonds. The first-order chi connectivity index (χ1) is 12.5. The van der Waals surface area contributed by atoms with Crippen molar-refractivity contribution < 1.29 is 14.3 Å². The summed E-state index contributed by atoms with van der Waals surface area (Å²) in [5.74, 6) is 0.724. The second kappa shape index (κ2) is 8.62. The number of carbonyl (C=O) groups is 2. The summed E-state index contributed by atoms with van der Waals surface area (Å²) >= 11 is 9.05. The quantitative estimate of drug-likeness (QED) is 0.775. The van der Waals surface area contributed by atoms with Gasteiger partial charge in [0.1, 0.15) is 10.7 Å². The maximum atomic E-state index is 12.6. The zero-order valence-electron chi connectivity index (χ0n) is 14.0. The summed E-state index contributed by atoms with van der Waals surface area (Å²) < 4.78 is 5.42. The van der Waals surface area contributed by atoms with Crippen molar-refractivity contribution in [2.45, 2.75) is 13.5 Å². The Morgan fingerprint density at radius 3 is 2.85 bits per heavy atom. The summed E-state index contributed by atoms with van der Waals surface area (Å²) in [7, 11) is 0. The van der Waals surface area contributed by atoms with Crippen LogP contribution in [0.25, 0.3) is 0 Å². The van der Waals surface area contributed by atoms with Crippen LogP contribution in [0.2, 0.25) is 5.02 Å². The average molecular weight is 409 g/mol. The minimum Gasteiger partial charge on any atom is -0.496 e. The Hall–Kier alpha value is -1.96. The smallest absolute Gasteiger partial charge is 0.265 e. The van der Waals surface area contributed by atoms with Gasteiger partial charge in [-0.05, 0) is 36.6 Å². The van der Waals surface area contributed by atoms with Crippen molar-refractivity contribution in [3.05, 3.63) is 61.8 Å². The molecule has 3 rings (SSSR count). The van der Waals surface area contributed by atoms with Crippen molar-refractivity contribution in [2.75, 3.05) is 17.7 Å². The zero-order chi connectivity index (χ0) is 18.5. The van der Waals surface area contributed by atoms with Crippen LogP contribution >= 0.6 is 34.7 Å². The van der Waals surface area contributed by atoms with Crippen molar-refractivity contribution in [1.29, 1.82) is 0 Å². The molecule has 2 heterocycles. The molecule has 1 aliphatic rings. The van der Waals surface area contributed by atoms with Gasteiger partial charge in [0, 0.05) is 15.7 Å². The van der Waals surface area contributed by atoms with Crippen LogP contribution in [0, 0.1) is 0 Å². The molecular formula is C18H17ClN2O3S2. The fourth-order valence-corrected chi connectivity index (χ4v) is 4.03. The van der Waals surface area contributed by atoms with Crippen LogP contribution < -0.4 is 10.6 Å². The van der Waals surface area contributed by atoms with Crippen molar-refractivity contribution in [2.24, 2.45) is 0 Å². The van der Waals surface area contributed by atoms with E-state index in [-0.39, 0.29) is 11.8 Å². The van der Waals surface area contributed by atoms with E-state index in [1.54, 1.807) is 36.5 Å². The maximum Gasteiger partial charge on any atom is 0.265 e. The molecule has 0 aliphatic carbocycles. The number of nitrogens with one attached hydrogen (secondary N) is 2. The number of thioether (sulfide) groups is 1. The molecule has 5 nitrogen and oxygen atoms in total. The largest absolute Gasteiger partial charge is 0.496 e. The number of amides is 2. The molecule has 0 spiro atoms. The van der Waals surface area contributed by atoms with Crippen LogP contribution in [0.1, 0.15) is 22.2 Å². The zero-order valence-corrected chi connectivity index (χ0v) is 16.4. The molecular weight excluding hydrogens is 392 g/mol. The predicted molar refractivity (Wildman–Crippen MR) is 107 cm³/mol. The molecule has 0 saturated carbocycles. The number of anilines is 1. The number of carbonyl (C=O) groups excluding carboxylic acids is 2. The second-order valence-corrected chi connectivity index (χ2v) is 8.06. The lowest BCUT2D eigenvalue weighted by Crippen LogP contribution is -2.25. The van der Waals surface area contributed by atoms with Gasteiger partial charge in [0.2, 0.25) is 0 Å². The highest BCUT2D eigenvalue weighted by Crippen LogP contribution is 2.28. The highest BCUT2D eigenvalue weighted by molar-refractivity contribution is 8.04. The van der Waals surface area contributed by atoms with Gasteiger partial charge in [0.25, 0.3) is 11.8 Å². The highest BCUT2D eigenvalue weighted by Gasteiger charge is 2.21. The van der Waals surface area contributed by atoms with E-state index in [2.05, 4.69) is 10.6 Å². The number of thiophene rings is 1. The molecule has 1 aromatic heterocycles. The van der Waals surface area contributed by atoms with Gasteiger partial charge in [-0.3, -0.25) is 9.59 Å². The van der Waals surface area contributed by atoms with Crippen LogP contribution in [0.3, 0.4) is 0 Å². The summed E-state index contributed by atoms with van der Waals surface area (Å²) in [6.07, 6.45) is 0. The summed E-state index contributed by atoms with van der Waals surface area (Å²) in [5.41, 5.74) is 0.733. The van der Waals surface area contributed by atoms with E-state index < -0.39 is 0 Å². The Morgan fingerprint density at radius 1 is 1.27 bits per heavy atom. The normalized spacial score (nSPS) is 13.9. The van der Waals surface area contributed by atoms with E-state index in [1.165, 1.54) is 11.8 Å². The lowest BCUT2D eigenvalue weighted by Gasteiger charge is -2.18. The van der Waals surface area contributed by atoms with Crippen LogP contribution in [-0.2, 0) is 16.1 Å². The minimum absolute atomic E-state index is 0.290. The van der Waals surface area contributed by atoms with Gasteiger partial charge in [0.05, 0.1) is 24.4 Å². The fraction of sp³-hybridized carbons (Fsp3) is 0.222. The van der Waals surface area contributed by atoms with E-state index in [1.807, 2.05) is 17.5 Å². The van der Waals surface area contributed by atoms with E-state index in [0.717, 1.165) is 10.6 Å². The molecule has 2 N–H and O–H groups in total. The Bertz CT molecular complexity index is 850. The van der Waals surface area contributed by atoms with E-state index in [0.29, 0.717) is 40.1 Å². The molecule has 26 heavy (non-hydrogen) atoms. The third kappa shape index (κ3) is 4.60. The van der Waals surface area contributed by atoms with Crippen molar-refractivity contribution in [1.82, 2.24) is 5.32 Å². The van der Waals surface area contributed by atoms with Gasteiger partial charge >= 0.3 is 0 Å². The van der Waals surface area contributed by atoms with Gasteiger partial charge in [-0.1, -0.05) is 17.7 Å². The predicted octanol–water partition coefficient (Wildman–Crippen LogP) is 4.26. The van der Waals surface area contributed by atoms with Crippen molar-refractivity contribution in [3.8, 4) is 0 Å². The maximum absolute atomic E-state index is 12.6. The Balaban J connectivity index is 1.77. The summed E-state index contributed by atoms with van der Waals surface area (Å²) in [6, 6.07) is 8.69. The molecule has 0 radical (unpaired) electrons. The first kappa shape index (κ1) is 18.8. The summed E-state index contributed by atoms with van der Waals surface area (Å²) in [4.78, 5) is 26.7. The number of rotatable bonds is 5. The Labute approximate surface area is 164 Å². The van der Waals surface area contributed by atoms with Gasteiger partial charge in [-0.15, -0.1) is 23.1 Å². The molecule has 8 heteroatoms. The van der Waals surface area contributed by atoms with Crippen LogP contribution in [0.15, 0.2) is 46.4 Å². The SMILES string of the molecule is CC1=C(C(=O)Nc2ccc(Cl)cc2C(=O)NCc2cccs2)SCCO1. The monoisotopic (exact) mass is 408 g/mol. The number of ether oxygens (including phenoxy) is 1. The molecule has 0 bridgehead atoms. The Morgan fingerprint density at radius 2 is 2.12 bits per heavy atom. The third-order valence-electron chi connectivity index (χ3n) is 3.65. The number of halogens is 1. The number of benzene rings is 1. The van der Waals surface area contributed by atoms with Gasteiger partial charge in [-0.25, -0.2) is 0 Å². The molecule has 136 valence electrons. The molecule has 0 atom stereocenters. The molecule has 0 saturated heterocycles. The first-order valence-corrected chi connectivity index (χ1v) is 10.2. The second-order valence-electron chi connectivity index (χ2n) is 5.49. The van der Waals surface area contributed by atoms with Crippen LogP contribution in [0.4, 0.5) is 5.69 Å². The fourth-order valence-electron chi connectivity index (χ4n) is 2.40. The lowest BCUT2D eigenvalue weighted by atomic mass is 10.1. The van der Waals surface area contributed by atoms with E-state index in [4.69, 9.17) is 16.3 Å². The van der Waals surface area contributed by atoms with Gasteiger partial charge in [-0.2, -0.15) is 0 Å². The topological polar surface area (TPSA) is 67.4 Å². The molecule has 0 unspecified atom stereocenters. The molecule has 1 aliphatic heterocycles.